The van der Waals surface area contributed by atoms with Crippen LogP contribution in [0.2, 0.25) is 0 Å². The number of ketones is 1. The Bertz CT molecular complexity index is 947. The number of Topliss-reactive ketones (excluding diaryl/α,β-unsaturated/α-hetero) is 1. The van der Waals surface area contributed by atoms with E-state index in [2.05, 4.69) is 10.2 Å². The van der Waals surface area contributed by atoms with E-state index in [4.69, 9.17) is 0 Å². The number of likely N-dealkylation sites (tertiary alicyclic amines) is 1. The zero-order chi connectivity index (χ0) is 18.8. The van der Waals surface area contributed by atoms with Crippen molar-refractivity contribution in [3.63, 3.8) is 0 Å². The maximum Gasteiger partial charge on any atom is 0.271 e. The summed E-state index contributed by atoms with van der Waals surface area (Å²) in [6.07, 6.45) is 1.62. The Morgan fingerprint density at radius 2 is 2.04 bits per heavy atom. The van der Waals surface area contributed by atoms with E-state index in [0.29, 0.717) is 24.5 Å². The van der Waals surface area contributed by atoms with E-state index in [0.717, 1.165) is 23.3 Å². The van der Waals surface area contributed by atoms with Crippen molar-refractivity contribution in [3.05, 3.63) is 58.4 Å². The van der Waals surface area contributed by atoms with Crippen molar-refractivity contribution in [2.75, 3.05) is 13.1 Å². The molecule has 7 heteroatoms. The number of aromatic amines is 1. The molecule has 2 N–H and O–H groups in total. The van der Waals surface area contributed by atoms with Gasteiger partial charge in [-0.05, 0) is 54.6 Å². The molecular weight excluding hydrogens is 362 g/mol. The number of carbonyl (C=O) groups excluding carboxylic acids is 2. The molecular formula is C20H19N3O3S. The van der Waals surface area contributed by atoms with Crippen molar-refractivity contribution >= 4 is 23.0 Å². The molecule has 6 nitrogen and oxygen atoms in total. The second-order valence-corrected chi connectivity index (χ2v) is 7.59. The molecule has 0 spiro atoms. The van der Waals surface area contributed by atoms with E-state index in [1.165, 1.54) is 11.3 Å². The van der Waals surface area contributed by atoms with Gasteiger partial charge in [-0.3, -0.25) is 14.7 Å². The molecule has 1 aliphatic rings. The van der Waals surface area contributed by atoms with Crippen molar-refractivity contribution in [1.29, 1.82) is 0 Å². The van der Waals surface area contributed by atoms with Gasteiger partial charge in [0.25, 0.3) is 5.91 Å². The minimum absolute atomic E-state index is 0.122. The highest BCUT2D eigenvalue weighted by atomic mass is 32.1. The molecule has 2 aromatic heterocycles. The van der Waals surface area contributed by atoms with Crippen LogP contribution in [0.15, 0.2) is 47.8 Å². The summed E-state index contributed by atoms with van der Waals surface area (Å²) < 4.78 is 0. The van der Waals surface area contributed by atoms with Gasteiger partial charge in [0, 0.05) is 24.6 Å². The van der Waals surface area contributed by atoms with Crippen molar-refractivity contribution < 1.29 is 14.7 Å². The Morgan fingerprint density at radius 1 is 1.22 bits per heavy atom. The van der Waals surface area contributed by atoms with Gasteiger partial charge in [-0.2, -0.15) is 5.10 Å². The first-order chi connectivity index (χ1) is 13.1. The van der Waals surface area contributed by atoms with Gasteiger partial charge in [-0.15, -0.1) is 11.3 Å². The minimum atomic E-state index is -0.152. The molecule has 1 aliphatic heterocycles. The fraction of sp³-hybridized carbons (Fsp3) is 0.250. The second kappa shape index (κ2) is 7.36. The standard InChI is InChI=1S/C20H19N3O3S/c24-15-7-5-13(6-8-15)16-11-17(22-21-16)20(26)23-9-1-3-14(12-23)19(25)18-4-2-10-27-18/h2,4-8,10-11,14,24H,1,3,9,12H2,(H,21,22). The van der Waals surface area contributed by atoms with Gasteiger partial charge in [0.1, 0.15) is 11.4 Å². The van der Waals surface area contributed by atoms with Crippen LogP contribution in [0.1, 0.15) is 33.0 Å². The number of piperidine rings is 1. The van der Waals surface area contributed by atoms with E-state index in [1.807, 2.05) is 17.5 Å². The number of phenols is 1. The molecule has 1 amide bonds. The van der Waals surface area contributed by atoms with Gasteiger partial charge in [-0.1, -0.05) is 6.07 Å². The number of aromatic nitrogens is 2. The van der Waals surface area contributed by atoms with Crippen LogP contribution in [0.5, 0.6) is 5.75 Å². The van der Waals surface area contributed by atoms with Crippen LogP contribution in [0.25, 0.3) is 11.3 Å². The summed E-state index contributed by atoms with van der Waals surface area (Å²) >= 11 is 1.45. The van der Waals surface area contributed by atoms with Gasteiger partial charge in [0.2, 0.25) is 0 Å². The number of hydrogen-bond acceptors (Lipinski definition) is 5. The Hall–Kier alpha value is -2.93. The highest BCUT2D eigenvalue weighted by Gasteiger charge is 2.30. The fourth-order valence-corrected chi connectivity index (χ4v) is 4.12. The van der Waals surface area contributed by atoms with Crippen LogP contribution >= 0.6 is 11.3 Å². The molecule has 3 heterocycles. The first-order valence-electron chi connectivity index (χ1n) is 8.83. The van der Waals surface area contributed by atoms with E-state index in [-0.39, 0.29) is 23.4 Å². The van der Waals surface area contributed by atoms with Crippen LogP contribution in [0.3, 0.4) is 0 Å². The minimum Gasteiger partial charge on any atom is -0.508 e. The third kappa shape index (κ3) is 3.64. The average Bonchev–Trinajstić information content (AvgIpc) is 3.40. The van der Waals surface area contributed by atoms with Gasteiger partial charge in [0.15, 0.2) is 5.78 Å². The molecule has 3 aromatic rings. The number of benzene rings is 1. The zero-order valence-corrected chi connectivity index (χ0v) is 15.4. The number of amides is 1. The van der Waals surface area contributed by atoms with Crippen LogP contribution in [-0.4, -0.2) is 45.0 Å². The van der Waals surface area contributed by atoms with Crippen LogP contribution in [0, 0.1) is 5.92 Å². The number of phenolic OH excluding ortho intramolecular Hbond substituents is 1. The molecule has 138 valence electrons. The van der Waals surface area contributed by atoms with Crippen molar-refractivity contribution in [2.45, 2.75) is 12.8 Å². The first kappa shape index (κ1) is 17.5. The maximum atomic E-state index is 12.9. The van der Waals surface area contributed by atoms with Crippen molar-refractivity contribution in [1.82, 2.24) is 15.1 Å². The molecule has 0 radical (unpaired) electrons. The fourth-order valence-electron chi connectivity index (χ4n) is 3.38. The summed E-state index contributed by atoms with van der Waals surface area (Å²) in [4.78, 5) is 28.0. The van der Waals surface area contributed by atoms with E-state index >= 15 is 0 Å². The lowest BCUT2D eigenvalue weighted by Gasteiger charge is -2.31. The number of aromatic hydroxyl groups is 1. The topological polar surface area (TPSA) is 86.3 Å². The SMILES string of the molecule is O=C(c1cccs1)C1CCCN(C(=O)c2cc(-c3ccc(O)cc3)n[nH]2)C1. The second-order valence-electron chi connectivity index (χ2n) is 6.65. The number of rotatable bonds is 4. The van der Waals surface area contributed by atoms with Crippen molar-refractivity contribution in [3.8, 4) is 17.0 Å². The number of hydrogen-bond donors (Lipinski definition) is 2. The number of nitrogens with zero attached hydrogens (tertiary/aromatic N) is 2. The van der Waals surface area contributed by atoms with Gasteiger partial charge in [-0.25, -0.2) is 0 Å². The molecule has 1 unspecified atom stereocenters. The number of H-pyrrole nitrogens is 1. The molecule has 1 saturated heterocycles. The number of carbonyl (C=O) groups is 2. The summed E-state index contributed by atoms with van der Waals surface area (Å²) in [7, 11) is 0. The van der Waals surface area contributed by atoms with Crippen LogP contribution in [0.4, 0.5) is 0 Å². The maximum absolute atomic E-state index is 12.9. The molecule has 0 aliphatic carbocycles. The lowest BCUT2D eigenvalue weighted by molar-refractivity contribution is 0.0633. The largest absolute Gasteiger partial charge is 0.508 e. The van der Waals surface area contributed by atoms with Gasteiger partial charge in [0.05, 0.1) is 10.6 Å². The third-order valence-electron chi connectivity index (χ3n) is 4.81. The monoisotopic (exact) mass is 381 g/mol. The molecule has 0 bridgehead atoms. The van der Waals surface area contributed by atoms with Crippen molar-refractivity contribution in [2.24, 2.45) is 5.92 Å². The Morgan fingerprint density at radius 3 is 2.78 bits per heavy atom. The van der Waals surface area contributed by atoms with Gasteiger partial charge < -0.3 is 10.0 Å². The van der Waals surface area contributed by atoms with E-state index in [1.54, 1.807) is 35.2 Å². The number of nitrogens with one attached hydrogen (secondary N) is 1. The molecule has 27 heavy (non-hydrogen) atoms. The van der Waals surface area contributed by atoms with E-state index in [9.17, 15) is 14.7 Å². The lowest BCUT2D eigenvalue weighted by atomic mass is 9.93. The van der Waals surface area contributed by atoms with Crippen LogP contribution in [-0.2, 0) is 0 Å². The smallest absolute Gasteiger partial charge is 0.271 e. The molecule has 1 fully saturated rings. The third-order valence-corrected chi connectivity index (χ3v) is 5.70. The number of thiophene rings is 1. The Kier molecular flexibility index (Phi) is 4.77. The summed E-state index contributed by atoms with van der Waals surface area (Å²) in [6, 6.07) is 12.1. The Balaban J connectivity index is 1.48. The highest BCUT2D eigenvalue weighted by Crippen LogP contribution is 2.25. The van der Waals surface area contributed by atoms with Gasteiger partial charge >= 0.3 is 0 Å². The molecule has 4 rings (SSSR count). The Labute approximate surface area is 160 Å². The molecule has 0 saturated carbocycles. The van der Waals surface area contributed by atoms with E-state index < -0.39 is 0 Å². The van der Waals surface area contributed by atoms with Crippen LogP contribution < -0.4 is 0 Å². The predicted octanol–water partition coefficient (Wildman–Crippen LogP) is 3.58. The summed E-state index contributed by atoms with van der Waals surface area (Å²) in [6.45, 7) is 1.07. The summed E-state index contributed by atoms with van der Waals surface area (Å²) in [5, 5.41) is 18.3. The lowest BCUT2D eigenvalue weighted by Crippen LogP contribution is -2.42. The quantitative estimate of drug-likeness (QED) is 0.677. The molecule has 1 aromatic carbocycles. The highest BCUT2D eigenvalue weighted by molar-refractivity contribution is 7.12. The molecule has 1 atom stereocenters. The summed E-state index contributed by atoms with van der Waals surface area (Å²) in [5.74, 6) is 0.00860. The normalized spacial score (nSPS) is 17.0. The first-order valence-corrected chi connectivity index (χ1v) is 9.71. The average molecular weight is 381 g/mol. The predicted molar refractivity (Wildman–Crippen MR) is 103 cm³/mol. The zero-order valence-electron chi connectivity index (χ0n) is 14.6. The summed E-state index contributed by atoms with van der Waals surface area (Å²) in [5.41, 5.74) is 1.86.